The molecular weight excluding hydrogens is 280 g/mol. The van der Waals surface area contributed by atoms with E-state index in [1.54, 1.807) is 0 Å². The van der Waals surface area contributed by atoms with Crippen LogP contribution in [0.4, 0.5) is 0 Å². The number of rotatable bonds is 15. The van der Waals surface area contributed by atoms with Crippen LogP contribution in [0.25, 0.3) is 0 Å². The van der Waals surface area contributed by atoms with Gasteiger partial charge in [-0.2, -0.15) is 0 Å². The molecule has 0 aliphatic carbocycles. The standard InChI is InChI=1S/C21H41N2/c1-4-5-6-7-10-13-16-22-18-19-23(20-22)17-14-11-8-9-12-15-21(2)3/h18-21H,4-17H2,1-3H3/q+1. The topological polar surface area (TPSA) is 8.81 Å². The molecule has 0 atom stereocenters. The average Bonchev–Trinajstić information content (AvgIpc) is 2.97. The fraction of sp³-hybridized carbons (Fsp3) is 0.857. The molecule has 0 fully saturated rings. The highest BCUT2D eigenvalue weighted by Crippen LogP contribution is 2.10. The summed E-state index contributed by atoms with van der Waals surface area (Å²) in [6.07, 6.45) is 23.4. The Hall–Kier alpha value is -0.790. The monoisotopic (exact) mass is 321 g/mol. The Labute approximate surface area is 145 Å². The predicted molar refractivity (Wildman–Crippen MR) is 101 cm³/mol. The Kier molecular flexibility index (Phi) is 12.0. The predicted octanol–water partition coefficient (Wildman–Crippen LogP) is 6.13. The van der Waals surface area contributed by atoms with Crippen molar-refractivity contribution in [3.63, 3.8) is 0 Å². The molecule has 0 saturated heterocycles. The third-order valence-electron chi connectivity index (χ3n) is 4.71. The lowest BCUT2D eigenvalue weighted by Gasteiger charge is -2.03. The van der Waals surface area contributed by atoms with Crippen molar-refractivity contribution >= 4 is 0 Å². The van der Waals surface area contributed by atoms with Gasteiger partial charge in [0.15, 0.2) is 0 Å². The van der Waals surface area contributed by atoms with Crippen molar-refractivity contribution in [2.75, 3.05) is 0 Å². The lowest BCUT2D eigenvalue weighted by molar-refractivity contribution is -0.696. The molecule has 134 valence electrons. The molecule has 0 aliphatic rings. The van der Waals surface area contributed by atoms with E-state index in [9.17, 15) is 0 Å². The van der Waals surface area contributed by atoms with Crippen molar-refractivity contribution in [2.24, 2.45) is 5.92 Å². The molecule has 23 heavy (non-hydrogen) atoms. The van der Waals surface area contributed by atoms with Gasteiger partial charge in [0.2, 0.25) is 6.33 Å². The molecule has 1 heterocycles. The zero-order valence-corrected chi connectivity index (χ0v) is 16.1. The molecule has 1 aromatic rings. The summed E-state index contributed by atoms with van der Waals surface area (Å²) in [5, 5.41) is 0. The van der Waals surface area contributed by atoms with Crippen LogP contribution in [-0.2, 0) is 13.1 Å². The first kappa shape index (κ1) is 20.3. The molecule has 0 aliphatic heterocycles. The smallest absolute Gasteiger partial charge is 0.237 e. The highest BCUT2D eigenvalue weighted by molar-refractivity contribution is 4.66. The van der Waals surface area contributed by atoms with Gasteiger partial charge in [0.05, 0.1) is 13.1 Å². The molecule has 2 nitrogen and oxygen atoms in total. The van der Waals surface area contributed by atoms with Gasteiger partial charge >= 0.3 is 0 Å². The van der Waals surface area contributed by atoms with Crippen LogP contribution in [0.15, 0.2) is 18.7 Å². The van der Waals surface area contributed by atoms with E-state index in [0.717, 1.165) is 5.92 Å². The van der Waals surface area contributed by atoms with E-state index in [1.807, 2.05) is 0 Å². The number of aromatic nitrogens is 2. The number of unbranched alkanes of at least 4 members (excludes halogenated alkanes) is 9. The largest absolute Gasteiger partial charge is 0.243 e. The number of hydrogen-bond acceptors (Lipinski definition) is 0. The van der Waals surface area contributed by atoms with Crippen molar-refractivity contribution in [3.05, 3.63) is 18.7 Å². The fourth-order valence-corrected chi connectivity index (χ4v) is 3.16. The summed E-state index contributed by atoms with van der Waals surface area (Å²) in [5.74, 6) is 0.872. The minimum Gasteiger partial charge on any atom is -0.237 e. The van der Waals surface area contributed by atoms with Crippen molar-refractivity contribution < 1.29 is 4.57 Å². The summed E-state index contributed by atoms with van der Waals surface area (Å²) < 4.78 is 4.73. The first-order valence-corrected chi connectivity index (χ1v) is 10.3. The van der Waals surface area contributed by atoms with Crippen LogP contribution in [-0.4, -0.2) is 4.57 Å². The molecule has 0 N–H and O–H groups in total. The summed E-state index contributed by atoms with van der Waals surface area (Å²) in [5.41, 5.74) is 0. The highest BCUT2D eigenvalue weighted by atomic mass is 15.1. The second kappa shape index (κ2) is 13.6. The Morgan fingerprint density at radius 1 is 0.826 bits per heavy atom. The summed E-state index contributed by atoms with van der Waals surface area (Å²) in [6, 6.07) is 0. The van der Waals surface area contributed by atoms with Gasteiger partial charge in [-0.25, -0.2) is 9.13 Å². The van der Waals surface area contributed by atoms with E-state index in [2.05, 4.69) is 48.6 Å². The average molecular weight is 322 g/mol. The zero-order valence-electron chi connectivity index (χ0n) is 16.1. The lowest BCUT2D eigenvalue weighted by atomic mass is 10.0. The quantitative estimate of drug-likeness (QED) is 0.271. The maximum absolute atomic E-state index is 2.37. The summed E-state index contributed by atoms with van der Waals surface area (Å²) >= 11 is 0. The second-order valence-corrected chi connectivity index (χ2v) is 7.61. The van der Waals surface area contributed by atoms with Gasteiger partial charge in [0.1, 0.15) is 12.4 Å². The maximum Gasteiger partial charge on any atom is 0.243 e. The minimum atomic E-state index is 0.872. The Balaban J connectivity index is 1.98. The van der Waals surface area contributed by atoms with Gasteiger partial charge in [-0.05, 0) is 31.6 Å². The van der Waals surface area contributed by atoms with Crippen LogP contribution in [0.2, 0.25) is 0 Å². The van der Waals surface area contributed by atoms with Crippen molar-refractivity contribution in [1.29, 1.82) is 0 Å². The molecule has 0 bridgehead atoms. The zero-order chi connectivity index (χ0) is 16.8. The number of nitrogens with zero attached hydrogens (tertiary/aromatic N) is 2. The van der Waals surface area contributed by atoms with Crippen LogP contribution in [0.1, 0.15) is 97.8 Å². The van der Waals surface area contributed by atoms with Crippen LogP contribution in [0, 0.1) is 5.92 Å². The summed E-state index contributed by atoms with van der Waals surface area (Å²) in [7, 11) is 0. The summed E-state index contributed by atoms with van der Waals surface area (Å²) in [6.45, 7) is 9.31. The lowest BCUT2D eigenvalue weighted by Crippen LogP contribution is -2.30. The summed E-state index contributed by atoms with van der Waals surface area (Å²) in [4.78, 5) is 0. The van der Waals surface area contributed by atoms with Crippen LogP contribution in [0.5, 0.6) is 0 Å². The molecule has 1 aromatic heterocycles. The highest BCUT2D eigenvalue weighted by Gasteiger charge is 2.03. The van der Waals surface area contributed by atoms with Gasteiger partial charge in [-0.3, -0.25) is 0 Å². The molecule has 0 aromatic carbocycles. The van der Waals surface area contributed by atoms with Gasteiger partial charge < -0.3 is 0 Å². The molecule has 2 heteroatoms. The third kappa shape index (κ3) is 11.4. The van der Waals surface area contributed by atoms with Gasteiger partial charge in [0.25, 0.3) is 0 Å². The molecule has 0 unspecified atom stereocenters. The second-order valence-electron chi connectivity index (χ2n) is 7.61. The fourth-order valence-electron chi connectivity index (χ4n) is 3.16. The van der Waals surface area contributed by atoms with Crippen molar-refractivity contribution in [2.45, 2.75) is 111 Å². The van der Waals surface area contributed by atoms with Crippen LogP contribution >= 0.6 is 0 Å². The first-order valence-electron chi connectivity index (χ1n) is 10.3. The number of imidazole rings is 1. The molecular formula is C21H41N2+. The van der Waals surface area contributed by atoms with Gasteiger partial charge in [-0.1, -0.05) is 72.1 Å². The molecule has 1 rings (SSSR count). The maximum atomic E-state index is 2.37. The molecule has 0 amide bonds. The third-order valence-corrected chi connectivity index (χ3v) is 4.71. The van der Waals surface area contributed by atoms with Crippen molar-refractivity contribution in [1.82, 2.24) is 4.57 Å². The van der Waals surface area contributed by atoms with Gasteiger partial charge in [0, 0.05) is 0 Å². The van der Waals surface area contributed by atoms with Gasteiger partial charge in [-0.15, -0.1) is 0 Å². The van der Waals surface area contributed by atoms with E-state index in [-0.39, 0.29) is 0 Å². The van der Waals surface area contributed by atoms with E-state index in [4.69, 9.17) is 0 Å². The molecule has 0 radical (unpaired) electrons. The van der Waals surface area contributed by atoms with Crippen LogP contribution < -0.4 is 4.57 Å². The normalized spacial score (nSPS) is 11.5. The first-order chi connectivity index (χ1) is 11.2. The van der Waals surface area contributed by atoms with E-state index in [0.29, 0.717) is 0 Å². The molecule has 0 spiro atoms. The Morgan fingerprint density at radius 3 is 2.22 bits per heavy atom. The number of aryl methyl sites for hydroxylation is 2. The number of hydrogen-bond donors (Lipinski definition) is 0. The van der Waals surface area contributed by atoms with E-state index in [1.165, 1.54) is 90.1 Å². The Morgan fingerprint density at radius 2 is 1.48 bits per heavy atom. The SMILES string of the molecule is CCCCCCCCn1cc[n+](CCCCCCCC(C)C)c1. The van der Waals surface area contributed by atoms with E-state index < -0.39 is 0 Å². The van der Waals surface area contributed by atoms with E-state index >= 15 is 0 Å². The van der Waals surface area contributed by atoms with Crippen molar-refractivity contribution in [3.8, 4) is 0 Å². The molecule has 0 saturated carbocycles. The minimum absolute atomic E-state index is 0.872. The van der Waals surface area contributed by atoms with Crippen LogP contribution in [0.3, 0.4) is 0 Å². The Bertz CT molecular complexity index is 368.